The van der Waals surface area contributed by atoms with Crippen LogP contribution in [-0.4, -0.2) is 41.5 Å². The van der Waals surface area contributed by atoms with Gasteiger partial charge in [-0.15, -0.1) is 0 Å². The molecule has 0 aromatic carbocycles. The first-order valence-corrected chi connectivity index (χ1v) is 6.33. The van der Waals surface area contributed by atoms with Gasteiger partial charge in [-0.2, -0.15) is 0 Å². The second-order valence-corrected chi connectivity index (χ2v) is 5.38. The second kappa shape index (κ2) is 5.56. The van der Waals surface area contributed by atoms with Crippen molar-refractivity contribution in [2.75, 3.05) is 26.7 Å². The SMILES string of the molecule is CN1CCC(C)(CNCc2ncccn2)CC1. The summed E-state index contributed by atoms with van der Waals surface area (Å²) in [4.78, 5) is 10.8. The van der Waals surface area contributed by atoms with Gasteiger partial charge in [0, 0.05) is 18.9 Å². The predicted octanol–water partition coefficient (Wildman–Crippen LogP) is 1.30. The maximum Gasteiger partial charge on any atom is 0.141 e. The first-order chi connectivity index (χ1) is 8.18. The second-order valence-electron chi connectivity index (χ2n) is 5.38. The summed E-state index contributed by atoms with van der Waals surface area (Å²) < 4.78 is 0. The summed E-state index contributed by atoms with van der Waals surface area (Å²) in [6, 6.07) is 1.85. The molecule has 1 aliphatic heterocycles. The fraction of sp³-hybridized carbons (Fsp3) is 0.692. The van der Waals surface area contributed by atoms with Crippen LogP contribution in [0.4, 0.5) is 0 Å². The lowest BCUT2D eigenvalue weighted by molar-refractivity contribution is 0.136. The van der Waals surface area contributed by atoms with Gasteiger partial charge in [-0.1, -0.05) is 6.92 Å². The lowest BCUT2D eigenvalue weighted by Gasteiger charge is -2.38. The van der Waals surface area contributed by atoms with Crippen molar-refractivity contribution in [1.82, 2.24) is 20.2 Å². The van der Waals surface area contributed by atoms with E-state index < -0.39 is 0 Å². The third-order valence-electron chi connectivity index (χ3n) is 3.65. The van der Waals surface area contributed by atoms with Crippen molar-refractivity contribution >= 4 is 0 Å². The fourth-order valence-electron chi connectivity index (χ4n) is 2.23. The summed E-state index contributed by atoms with van der Waals surface area (Å²) in [5.41, 5.74) is 0.432. The zero-order valence-electron chi connectivity index (χ0n) is 10.8. The van der Waals surface area contributed by atoms with Crippen LogP contribution in [-0.2, 0) is 6.54 Å². The standard InChI is InChI=1S/C13H22N4/c1-13(4-8-17(2)9-5-13)11-14-10-12-15-6-3-7-16-12/h3,6-7,14H,4-5,8-11H2,1-2H3. The zero-order chi connectivity index (χ0) is 12.1. The van der Waals surface area contributed by atoms with Gasteiger partial charge in [0.15, 0.2) is 0 Å². The maximum absolute atomic E-state index is 4.21. The van der Waals surface area contributed by atoms with Gasteiger partial charge in [0.25, 0.3) is 0 Å². The van der Waals surface area contributed by atoms with E-state index in [1.165, 1.54) is 25.9 Å². The van der Waals surface area contributed by atoms with Crippen molar-refractivity contribution in [2.24, 2.45) is 5.41 Å². The van der Waals surface area contributed by atoms with E-state index in [-0.39, 0.29) is 0 Å². The quantitative estimate of drug-likeness (QED) is 0.852. The smallest absolute Gasteiger partial charge is 0.141 e. The summed E-state index contributed by atoms with van der Waals surface area (Å²) in [6.07, 6.45) is 6.13. The minimum absolute atomic E-state index is 0.432. The van der Waals surface area contributed by atoms with E-state index in [0.717, 1.165) is 18.9 Å². The molecule has 4 heteroatoms. The topological polar surface area (TPSA) is 41.0 Å². The van der Waals surface area contributed by atoms with Crippen LogP contribution in [0, 0.1) is 5.41 Å². The van der Waals surface area contributed by atoms with E-state index in [9.17, 15) is 0 Å². The Morgan fingerprint density at radius 2 is 1.94 bits per heavy atom. The van der Waals surface area contributed by atoms with Gasteiger partial charge in [-0.05, 0) is 44.5 Å². The lowest BCUT2D eigenvalue weighted by Crippen LogP contribution is -2.42. The summed E-state index contributed by atoms with van der Waals surface area (Å²) >= 11 is 0. The Morgan fingerprint density at radius 1 is 1.29 bits per heavy atom. The van der Waals surface area contributed by atoms with Crippen molar-refractivity contribution < 1.29 is 0 Å². The van der Waals surface area contributed by atoms with Gasteiger partial charge >= 0.3 is 0 Å². The van der Waals surface area contributed by atoms with Gasteiger partial charge < -0.3 is 10.2 Å². The number of aromatic nitrogens is 2. The van der Waals surface area contributed by atoms with E-state index in [2.05, 4.69) is 34.2 Å². The Balaban J connectivity index is 1.75. The largest absolute Gasteiger partial charge is 0.309 e. The van der Waals surface area contributed by atoms with Crippen molar-refractivity contribution in [3.8, 4) is 0 Å². The van der Waals surface area contributed by atoms with E-state index in [1.54, 1.807) is 12.4 Å². The Morgan fingerprint density at radius 3 is 2.59 bits per heavy atom. The molecule has 0 amide bonds. The van der Waals surface area contributed by atoms with Crippen molar-refractivity contribution in [2.45, 2.75) is 26.3 Å². The average Bonchev–Trinajstić information content (AvgIpc) is 2.35. The summed E-state index contributed by atoms with van der Waals surface area (Å²) in [5.74, 6) is 0.879. The van der Waals surface area contributed by atoms with Crippen molar-refractivity contribution in [1.29, 1.82) is 0 Å². The maximum atomic E-state index is 4.21. The number of hydrogen-bond donors (Lipinski definition) is 1. The summed E-state index contributed by atoms with van der Waals surface area (Å²) in [7, 11) is 2.20. The molecule has 0 radical (unpaired) electrons. The molecule has 1 N–H and O–H groups in total. The van der Waals surface area contributed by atoms with E-state index in [0.29, 0.717) is 5.41 Å². The molecule has 0 saturated carbocycles. The van der Waals surface area contributed by atoms with E-state index in [4.69, 9.17) is 0 Å². The monoisotopic (exact) mass is 234 g/mol. The normalized spacial score (nSPS) is 20.4. The van der Waals surface area contributed by atoms with Crippen LogP contribution >= 0.6 is 0 Å². The fourth-order valence-corrected chi connectivity index (χ4v) is 2.23. The molecule has 94 valence electrons. The van der Waals surface area contributed by atoms with Gasteiger partial charge in [0.2, 0.25) is 0 Å². The number of nitrogens with one attached hydrogen (secondary N) is 1. The third-order valence-corrected chi connectivity index (χ3v) is 3.65. The number of likely N-dealkylation sites (tertiary alicyclic amines) is 1. The molecule has 1 aliphatic rings. The molecular weight excluding hydrogens is 212 g/mol. The molecule has 4 nitrogen and oxygen atoms in total. The Kier molecular flexibility index (Phi) is 4.07. The van der Waals surface area contributed by atoms with Crippen LogP contribution in [0.2, 0.25) is 0 Å². The number of piperidine rings is 1. The molecule has 0 atom stereocenters. The molecule has 0 bridgehead atoms. The molecule has 0 aliphatic carbocycles. The Bertz CT molecular complexity index is 331. The Labute approximate surface area is 103 Å². The zero-order valence-corrected chi connectivity index (χ0v) is 10.8. The number of hydrogen-bond acceptors (Lipinski definition) is 4. The molecule has 1 aromatic rings. The Hall–Kier alpha value is -1.00. The highest BCUT2D eigenvalue weighted by Crippen LogP contribution is 2.29. The summed E-state index contributed by atoms with van der Waals surface area (Å²) in [5, 5.41) is 3.48. The molecule has 0 spiro atoms. The van der Waals surface area contributed by atoms with Crippen LogP contribution in [0.3, 0.4) is 0 Å². The lowest BCUT2D eigenvalue weighted by atomic mass is 9.80. The van der Waals surface area contributed by atoms with E-state index >= 15 is 0 Å². The molecule has 1 fully saturated rings. The van der Waals surface area contributed by atoms with Crippen LogP contribution < -0.4 is 5.32 Å². The third kappa shape index (κ3) is 3.75. The van der Waals surface area contributed by atoms with Crippen LogP contribution in [0.1, 0.15) is 25.6 Å². The molecule has 1 saturated heterocycles. The first kappa shape index (κ1) is 12.5. The van der Waals surface area contributed by atoms with Crippen LogP contribution in [0.25, 0.3) is 0 Å². The molecule has 2 rings (SSSR count). The number of rotatable bonds is 4. The first-order valence-electron chi connectivity index (χ1n) is 6.33. The van der Waals surface area contributed by atoms with Gasteiger partial charge in [-0.3, -0.25) is 0 Å². The minimum Gasteiger partial charge on any atom is -0.309 e. The highest BCUT2D eigenvalue weighted by atomic mass is 15.1. The average molecular weight is 234 g/mol. The summed E-state index contributed by atoms with van der Waals surface area (Å²) in [6.45, 7) is 6.62. The van der Waals surface area contributed by atoms with Crippen LogP contribution in [0.15, 0.2) is 18.5 Å². The highest BCUT2D eigenvalue weighted by Gasteiger charge is 2.28. The molecule has 1 aromatic heterocycles. The predicted molar refractivity (Wildman–Crippen MR) is 68.6 cm³/mol. The molecule has 17 heavy (non-hydrogen) atoms. The molecule has 0 unspecified atom stereocenters. The van der Waals surface area contributed by atoms with E-state index in [1.807, 2.05) is 6.07 Å². The van der Waals surface area contributed by atoms with Crippen molar-refractivity contribution in [3.63, 3.8) is 0 Å². The molecular formula is C13H22N4. The van der Waals surface area contributed by atoms with Crippen LogP contribution in [0.5, 0.6) is 0 Å². The van der Waals surface area contributed by atoms with Crippen molar-refractivity contribution in [3.05, 3.63) is 24.3 Å². The highest BCUT2D eigenvalue weighted by molar-refractivity contribution is 4.89. The minimum atomic E-state index is 0.432. The van der Waals surface area contributed by atoms with Gasteiger partial charge in [-0.25, -0.2) is 9.97 Å². The number of nitrogens with zero attached hydrogens (tertiary/aromatic N) is 3. The molecule has 2 heterocycles. The van der Waals surface area contributed by atoms with Gasteiger partial charge in [0.05, 0.1) is 6.54 Å². The van der Waals surface area contributed by atoms with Gasteiger partial charge in [0.1, 0.15) is 5.82 Å².